The maximum Gasteiger partial charge on any atom is 0.337 e. The van der Waals surface area contributed by atoms with Crippen LogP contribution in [0.4, 0.5) is 0 Å². The predicted molar refractivity (Wildman–Crippen MR) is 121 cm³/mol. The van der Waals surface area contributed by atoms with Gasteiger partial charge in [0.15, 0.2) is 0 Å². The van der Waals surface area contributed by atoms with Gasteiger partial charge in [-0.3, -0.25) is 0 Å². The van der Waals surface area contributed by atoms with Crippen molar-refractivity contribution in [1.29, 1.82) is 0 Å². The summed E-state index contributed by atoms with van der Waals surface area (Å²) in [5.74, 6) is 0. The standard InChI is InChI=1S/C24H44O2Si/c1-4-7-8-9-10-11-12-13-17-22-25-27(5-2,6-3)26-23-18-21-24-19-15-14-16-20-24/h14-16,19-20H,4-13,17-18,21-23H2,1-3H3. The highest BCUT2D eigenvalue weighted by atomic mass is 28.4. The Kier molecular flexibility index (Phi) is 14.7. The average Bonchev–Trinajstić information content (AvgIpc) is 2.72. The van der Waals surface area contributed by atoms with E-state index in [0.717, 1.165) is 38.1 Å². The highest BCUT2D eigenvalue weighted by Crippen LogP contribution is 2.20. The number of aryl methyl sites for hydroxylation is 1. The second-order valence-corrected chi connectivity index (χ2v) is 11.5. The van der Waals surface area contributed by atoms with Gasteiger partial charge < -0.3 is 8.85 Å². The van der Waals surface area contributed by atoms with Gasteiger partial charge in [-0.25, -0.2) is 0 Å². The molecule has 1 aromatic carbocycles. The van der Waals surface area contributed by atoms with E-state index in [1.165, 1.54) is 63.4 Å². The van der Waals surface area contributed by atoms with Crippen molar-refractivity contribution in [1.82, 2.24) is 0 Å². The summed E-state index contributed by atoms with van der Waals surface area (Å²) in [4.78, 5) is 0. The van der Waals surface area contributed by atoms with Crippen molar-refractivity contribution in [3.8, 4) is 0 Å². The van der Waals surface area contributed by atoms with Crippen LogP contribution >= 0.6 is 0 Å². The van der Waals surface area contributed by atoms with E-state index in [-0.39, 0.29) is 0 Å². The van der Waals surface area contributed by atoms with E-state index in [0.29, 0.717) is 0 Å². The molecule has 0 aliphatic heterocycles. The van der Waals surface area contributed by atoms with Gasteiger partial charge in [-0.05, 0) is 36.9 Å². The van der Waals surface area contributed by atoms with Crippen LogP contribution in [0.25, 0.3) is 0 Å². The number of benzene rings is 1. The van der Waals surface area contributed by atoms with E-state index >= 15 is 0 Å². The summed E-state index contributed by atoms with van der Waals surface area (Å²) in [7, 11) is -1.97. The van der Waals surface area contributed by atoms with Crippen LogP contribution in [-0.4, -0.2) is 21.8 Å². The molecule has 0 bridgehead atoms. The molecular weight excluding hydrogens is 348 g/mol. The Morgan fingerprint density at radius 1 is 0.630 bits per heavy atom. The van der Waals surface area contributed by atoms with Gasteiger partial charge in [0.1, 0.15) is 0 Å². The zero-order valence-corrected chi connectivity index (χ0v) is 19.3. The molecule has 0 aromatic heterocycles. The third-order valence-corrected chi connectivity index (χ3v) is 9.12. The second-order valence-electron chi connectivity index (χ2n) is 7.73. The van der Waals surface area contributed by atoms with Crippen LogP contribution in [-0.2, 0) is 15.3 Å². The van der Waals surface area contributed by atoms with Gasteiger partial charge >= 0.3 is 8.56 Å². The number of rotatable bonds is 18. The fourth-order valence-corrected chi connectivity index (χ4v) is 5.98. The first-order valence-corrected chi connectivity index (χ1v) is 13.8. The molecule has 0 fully saturated rings. The summed E-state index contributed by atoms with van der Waals surface area (Å²) in [6.45, 7) is 8.48. The normalized spacial score (nSPS) is 11.8. The van der Waals surface area contributed by atoms with E-state index in [9.17, 15) is 0 Å². The molecule has 0 radical (unpaired) electrons. The fraction of sp³-hybridized carbons (Fsp3) is 0.750. The third-order valence-electron chi connectivity index (χ3n) is 5.51. The Hall–Kier alpha value is -0.643. The summed E-state index contributed by atoms with van der Waals surface area (Å²) in [6, 6.07) is 12.8. The largest absolute Gasteiger partial charge is 0.394 e. The lowest BCUT2D eigenvalue weighted by atomic mass is 10.1. The highest BCUT2D eigenvalue weighted by molar-refractivity contribution is 6.67. The van der Waals surface area contributed by atoms with Gasteiger partial charge in [0, 0.05) is 13.2 Å². The van der Waals surface area contributed by atoms with Crippen molar-refractivity contribution in [2.75, 3.05) is 13.2 Å². The molecule has 0 saturated heterocycles. The van der Waals surface area contributed by atoms with Gasteiger partial charge in [0.05, 0.1) is 0 Å². The van der Waals surface area contributed by atoms with Crippen LogP contribution in [0.1, 0.15) is 90.5 Å². The van der Waals surface area contributed by atoms with Crippen LogP contribution in [0.2, 0.25) is 12.1 Å². The fourth-order valence-electron chi connectivity index (χ4n) is 3.55. The van der Waals surface area contributed by atoms with Gasteiger partial charge in [0.2, 0.25) is 0 Å². The molecule has 0 amide bonds. The first-order valence-electron chi connectivity index (χ1n) is 11.6. The lowest BCUT2D eigenvalue weighted by Gasteiger charge is -2.29. The summed E-state index contributed by atoms with van der Waals surface area (Å²) >= 11 is 0. The lowest BCUT2D eigenvalue weighted by Crippen LogP contribution is -2.41. The van der Waals surface area contributed by atoms with Crippen LogP contribution in [0.15, 0.2) is 30.3 Å². The van der Waals surface area contributed by atoms with Crippen molar-refractivity contribution in [2.24, 2.45) is 0 Å². The van der Waals surface area contributed by atoms with Crippen molar-refractivity contribution in [3.63, 3.8) is 0 Å². The Balaban J connectivity index is 2.10. The third kappa shape index (κ3) is 11.7. The molecule has 2 nitrogen and oxygen atoms in total. The van der Waals surface area contributed by atoms with Crippen molar-refractivity contribution in [3.05, 3.63) is 35.9 Å². The van der Waals surface area contributed by atoms with Gasteiger partial charge in [0.25, 0.3) is 0 Å². The Morgan fingerprint density at radius 3 is 1.70 bits per heavy atom. The summed E-state index contributed by atoms with van der Waals surface area (Å²) in [5.41, 5.74) is 1.40. The Bertz CT molecular complexity index is 431. The minimum absolute atomic E-state index is 0.834. The van der Waals surface area contributed by atoms with Crippen LogP contribution in [0.5, 0.6) is 0 Å². The molecule has 3 heteroatoms. The molecule has 1 rings (SSSR count). The van der Waals surface area contributed by atoms with Gasteiger partial charge in [-0.1, -0.05) is 102 Å². The van der Waals surface area contributed by atoms with E-state index < -0.39 is 8.56 Å². The molecule has 27 heavy (non-hydrogen) atoms. The quantitative estimate of drug-likeness (QED) is 0.188. The summed E-state index contributed by atoms with van der Waals surface area (Å²) in [5, 5.41) is 0. The molecule has 1 aromatic rings. The second kappa shape index (κ2) is 16.3. The molecule has 0 atom stereocenters. The van der Waals surface area contributed by atoms with Gasteiger partial charge in [-0.2, -0.15) is 0 Å². The van der Waals surface area contributed by atoms with E-state index in [2.05, 4.69) is 51.1 Å². The molecule has 156 valence electrons. The summed E-state index contributed by atoms with van der Waals surface area (Å²) < 4.78 is 12.7. The Labute approximate surface area is 170 Å². The molecule has 0 aliphatic carbocycles. The molecule has 0 spiro atoms. The zero-order chi connectivity index (χ0) is 19.6. The minimum Gasteiger partial charge on any atom is -0.394 e. The molecular formula is C24H44O2Si. The summed E-state index contributed by atoms with van der Waals surface area (Å²) in [6.07, 6.45) is 14.4. The first-order chi connectivity index (χ1) is 13.3. The van der Waals surface area contributed by atoms with E-state index in [1.807, 2.05) is 0 Å². The number of unbranched alkanes of at least 4 members (excludes halogenated alkanes) is 8. The van der Waals surface area contributed by atoms with Crippen LogP contribution in [0, 0.1) is 0 Å². The topological polar surface area (TPSA) is 18.5 Å². The monoisotopic (exact) mass is 392 g/mol. The van der Waals surface area contributed by atoms with Crippen molar-refractivity contribution in [2.45, 2.75) is 103 Å². The maximum absolute atomic E-state index is 6.36. The lowest BCUT2D eigenvalue weighted by molar-refractivity contribution is 0.164. The predicted octanol–water partition coefficient (Wildman–Crippen LogP) is 7.67. The van der Waals surface area contributed by atoms with Gasteiger partial charge in [-0.15, -0.1) is 0 Å². The smallest absolute Gasteiger partial charge is 0.337 e. The first kappa shape index (κ1) is 24.4. The number of hydrogen-bond acceptors (Lipinski definition) is 2. The Morgan fingerprint density at radius 2 is 1.15 bits per heavy atom. The zero-order valence-electron chi connectivity index (χ0n) is 18.3. The van der Waals surface area contributed by atoms with Crippen molar-refractivity contribution < 1.29 is 8.85 Å². The molecule has 0 N–H and O–H groups in total. The van der Waals surface area contributed by atoms with Crippen LogP contribution < -0.4 is 0 Å². The maximum atomic E-state index is 6.36. The van der Waals surface area contributed by atoms with E-state index in [1.54, 1.807) is 0 Å². The molecule has 0 saturated carbocycles. The average molecular weight is 393 g/mol. The van der Waals surface area contributed by atoms with Crippen molar-refractivity contribution >= 4 is 8.56 Å². The molecule has 0 heterocycles. The molecule has 0 unspecified atom stereocenters. The van der Waals surface area contributed by atoms with Crippen LogP contribution in [0.3, 0.4) is 0 Å². The highest BCUT2D eigenvalue weighted by Gasteiger charge is 2.33. The number of hydrogen-bond donors (Lipinski definition) is 0. The molecule has 0 aliphatic rings. The SMILES string of the molecule is CCCCCCCCCCCO[Si](CC)(CC)OCCCc1ccccc1. The minimum atomic E-state index is -1.97. The van der Waals surface area contributed by atoms with E-state index in [4.69, 9.17) is 8.85 Å².